The zero-order valence-corrected chi connectivity index (χ0v) is 9.45. The minimum Gasteiger partial charge on any atom is -0.508 e. The Morgan fingerprint density at radius 2 is 1.88 bits per heavy atom. The number of rotatable bonds is 3. The van der Waals surface area contributed by atoms with Gasteiger partial charge in [0.1, 0.15) is 5.75 Å². The van der Waals surface area contributed by atoms with E-state index >= 15 is 0 Å². The third kappa shape index (κ3) is 3.61. The van der Waals surface area contributed by atoms with E-state index < -0.39 is 0 Å². The number of carbonyl (C=O) groups is 1. The van der Waals surface area contributed by atoms with Crippen molar-refractivity contribution in [3.8, 4) is 5.75 Å². The van der Waals surface area contributed by atoms with Gasteiger partial charge in [-0.1, -0.05) is 18.7 Å². The predicted molar refractivity (Wildman–Crippen MR) is 64.7 cm³/mol. The van der Waals surface area contributed by atoms with Crippen LogP contribution < -0.4 is 5.32 Å². The highest BCUT2D eigenvalue weighted by molar-refractivity contribution is 5.98. The van der Waals surface area contributed by atoms with Crippen LogP contribution in [0.2, 0.25) is 0 Å². The summed E-state index contributed by atoms with van der Waals surface area (Å²) in [5, 5.41) is 11.7. The molecule has 0 unspecified atom stereocenters. The standard InChI is InChI=1S/C13H15NO2/c1-9(2)14-13(16)10(3)8-11-4-6-12(15)7-5-11/h4-8,15H,1H2,2-3H3,(H,14,16)/b10-8+. The Hall–Kier alpha value is -2.03. The van der Waals surface area contributed by atoms with Crippen LogP contribution in [0.5, 0.6) is 5.75 Å². The summed E-state index contributed by atoms with van der Waals surface area (Å²) in [6, 6.07) is 6.64. The van der Waals surface area contributed by atoms with Crippen LogP contribution in [0.3, 0.4) is 0 Å². The first kappa shape index (κ1) is 12.0. The highest BCUT2D eigenvalue weighted by atomic mass is 16.3. The molecular formula is C13H15NO2. The van der Waals surface area contributed by atoms with Crippen molar-refractivity contribution in [1.82, 2.24) is 5.32 Å². The Morgan fingerprint density at radius 3 is 2.38 bits per heavy atom. The van der Waals surface area contributed by atoms with Crippen LogP contribution in [0, 0.1) is 0 Å². The highest BCUT2D eigenvalue weighted by Gasteiger charge is 2.03. The third-order valence-corrected chi connectivity index (χ3v) is 1.96. The van der Waals surface area contributed by atoms with Crippen molar-refractivity contribution < 1.29 is 9.90 Å². The summed E-state index contributed by atoms with van der Waals surface area (Å²) in [7, 11) is 0. The lowest BCUT2D eigenvalue weighted by atomic mass is 10.1. The molecule has 0 aliphatic rings. The lowest BCUT2D eigenvalue weighted by Gasteiger charge is -2.03. The van der Waals surface area contributed by atoms with Crippen LogP contribution in [-0.2, 0) is 4.79 Å². The summed E-state index contributed by atoms with van der Waals surface area (Å²) in [5.41, 5.74) is 2.07. The van der Waals surface area contributed by atoms with Crippen molar-refractivity contribution in [2.45, 2.75) is 13.8 Å². The number of benzene rings is 1. The number of aromatic hydroxyl groups is 1. The van der Waals surface area contributed by atoms with E-state index in [1.165, 1.54) is 0 Å². The molecule has 84 valence electrons. The number of allylic oxidation sites excluding steroid dienone is 1. The monoisotopic (exact) mass is 217 g/mol. The second-order valence-electron chi connectivity index (χ2n) is 3.65. The molecule has 3 nitrogen and oxygen atoms in total. The molecule has 0 bridgehead atoms. The van der Waals surface area contributed by atoms with Crippen molar-refractivity contribution in [3.05, 3.63) is 47.7 Å². The van der Waals surface area contributed by atoms with E-state index in [-0.39, 0.29) is 11.7 Å². The molecule has 3 heteroatoms. The smallest absolute Gasteiger partial charge is 0.251 e. The second-order valence-corrected chi connectivity index (χ2v) is 3.65. The van der Waals surface area contributed by atoms with Gasteiger partial charge < -0.3 is 10.4 Å². The van der Waals surface area contributed by atoms with E-state index in [9.17, 15) is 4.79 Å². The molecule has 0 fully saturated rings. The van der Waals surface area contributed by atoms with E-state index in [1.54, 1.807) is 44.2 Å². The summed E-state index contributed by atoms with van der Waals surface area (Å²) < 4.78 is 0. The first-order valence-corrected chi connectivity index (χ1v) is 4.93. The van der Waals surface area contributed by atoms with Crippen LogP contribution in [-0.4, -0.2) is 11.0 Å². The summed E-state index contributed by atoms with van der Waals surface area (Å²) in [4.78, 5) is 11.5. The second kappa shape index (κ2) is 5.16. The van der Waals surface area contributed by atoms with Crippen LogP contribution in [0.25, 0.3) is 6.08 Å². The molecule has 0 aliphatic heterocycles. The van der Waals surface area contributed by atoms with Crippen molar-refractivity contribution in [3.63, 3.8) is 0 Å². The lowest BCUT2D eigenvalue weighted by Crippen LogP contribution is -2.21. The fourth-order valence-electron chi connectivity index (χ4n) is 1.18. The topological polar surface area (TPSA) is 49.3 Å². The lowest BCUT2D eigenvalue weighted by molar-refractivity contribution is -0.116. The summed E-state index contributed by atoms with van der Waals surface area (Å²) >= 11 is 0. The first-order valence-electron chi connectivity index (χ1n) is 4.93. The van der Waals surface area contributed by atoms with E-state index in [1.807, 2.05) is 0 Å². The molecule has 0 aliphatic carbocycles. The van der Waals surface area contributed by atoms with Gasteiger partial charge >= 0.3 is 0 Å². The van der Waals surface area contributed by atoms with Gasteiger partial charge in [0.05, 0.1) is 0 Å². The zero-order chi connectivity index (χ0) is 12.1. The average Bonchev–Trinajstić information content (AvgIpc) is 2.20. The number of phenols is 1. The average molecular weight is 217 g/mol. The molecule has 1 rings (SSSR count). The molecule has 0 heterocycles. The minimum atomic E-state index is -0.166. The van der Waals surface area contributed by atoms with Gasteiger partial charge in [0.15, 0.2) is 0 Å². The molecule has 1 amide bonds. The van der Waals surface area contributed by atoms with Crippen LogP contribution in [0.4, 0.5) is 0 Å². The molecule has 1 aromatic carbocycles. The molecule has 0 saturated carbocycles. The third-order valence-electron chi connectivity index (χ3n) is 1.96. The number of amides is 1. The molecule has 2 N–H and O–H groups in total. The number of hydrogen-bond acceptors (Lipinski definition) is 2. The fraction of sp³-hybridized carbons (Fsp3) is 0.154. The Morgan fingerprint density at radius 1 is 1.31 bits per heavy atom. The number of hydrogen-bond donors (Lipinski definition) is 2. The van der Waals surface area contributed by atoms with Crippen molar-refractivity contribution in [2.75, 3.05) is 0 Å². The summed E-state index contributed by atoms with van der Waals surface area (Å²) in [6.07, 6.45) is 1.75. The molecule has 16 heavy (non-hydrogen) atoms. The van der Waals surface area contributed by atoms with Gasteiger partial charge in [-0.2, -0.15) is 0 Å². The van der Waals surface area contributed by atoms with E-state index in [4.69, 9.17) is 5.11 Å². The Bertz CT molecular complexity index is 430. The fourth-order valence-corrected chi connectivity index (χ4v) is 1.18. The summed E-state index contributed by atoms with van der Waals surface area (Å²) in [6.45, 7) is 7.06. The molecule has 0 radical (unpaired) electrons. The molecule has 0 saturated heterocycles. The highest BCUT2D eigenvalue weighted by Crippen LogP contribution is 2.12. The minimum absolute atomic E-state index is 0.166. The molecule has 0 atom stereocenters. The Labute approximate surface area is 95.1 Å². The van der Waals surface area contributed by atoms with E-state index in [0.29, 0.717) is 11.3 Å². The van der Waals surface area contributed by atoms with Gasteiger partial charge in [0.25, 0.3) is 5.91 Å². The van der Waals surface area contributed by atoms with E-state index in [0.717, 1.165) is 5.56 Å². The maximum atomic E-state index is 11.5. The van der Waals surface area contributed by atoms with Crippen molar-refractivity contribution in [1.29, 1.82) is 0 Å². The van der Waals surface area contributed by atoms with Gasteiger partial charge in [-0.25, -0.2) is 0 Å². The molecular weight excluding hydrogens is 202 g/mol. The van der Waals surface area contributed by atoms with Crippen molar-refractivity contribution >= 4 is 12.0 Å². The van der Waals surface area contributed by atoms with Crippen LogP contribution in [0.1, 0.15) is 19.4 Å². The number of phenolic OH excluding ortho intramolecular Hbond substituents is 1. The largest absolute Gasteiger partial charge is 0.508 e. The molecule has 0 aromatic heterocycles. The quantitative estimate of drug-likeness (QED) is 0.764. The SMILES string of the molecule is C=C(C)NC(=O)/C(C)=C/c1ccc(O)cc1. The van der Waals surface area contributed by atoms with Crippen LogP contribution in [0.15, 0.2) is 42.1 Å². The van der Waals surface area contributed by atoms with Gasteiger partial charge in [-0.15, -0.1) is 0 Å². The number of carbonyl (C=O) groups excluding carboxylic acids is 1. The first-order chi connectivity index (χ1) is 7.49. The van der Waals surface area contributed by atoms with Crippen molar-refractivity contribution in [2.24, 2.45) is 0 Å². The Balaban J connectivity index is 2.80. The van der Waals surface area contributed by atoms with E-state index in [2.05, 4.69) is 11.9 Å². The van der Waals surface area contributed by atoms with Gasteiger partial charge in [-0.3, -0.25) is 4.79 Å². The molecule has 0 spiro atoms. The maximum absolute atomic E-state index is 11.5. The van der Waals surface area contributed by atoms with Gasteiger partial charge in [0, 0.05) is 11.3 Å². The Kier molecular flexibility index (Phi) is 3.89. The normalized spacial score (nSPS) is 11.0. The maximum Gasteiger partial charge on any atom is 0.251 e. The molecule has 1 aromatic rings. The predicted octanol–water partition coefficient (Wildman–Crippen LogP) is 2.45. The zero-order valence-electron chi connectivity index (χ0n) is 9.45. The van der Waals surface area contributed by atoms with Crippen LogP contribution >= 0.6 is 0 Å². The van der Waals surface area contributed by atoms with Gasteiger partial charge in [-0.05, 0) is 37.6 Å². The summed E-state index contributed by atoms with van der Waals surface area (Å²) in [5.74, 6) is 0.0433. The van der Waals surface area contributed by atoms with Gasteiger partial charge in [0.2, 0.25) is 0 Å². The number of nitrogens with one attached hydrogen (secondary N) is 1.